The molecule has 0 bridgehead atoms. The normalized spacial score (nSPS) is 23.4. The molecule has 0 aromatic carbocycles. The molecular formula is C9H19N3O2. The van der Waals surface area contributed by atoms with Gasteiger partial charge in [0.25, 0.3) is 0 Å². The number of amides is 1. The van der Waals surface area contributed by atoms with Crippen molar-refractivity contribution < 1.29 is 9.90 Å². The highest BCUT2D eigenvalue weighted by Crippen LogP contribution is 2.03. The first kappa shape index (κ1) is 11.4. The first-order valence-electron chi connectivity index (χ1n) is 5.02. The lowest BCUT2D eigenvalue weighted by atomic mass is 10.1. The van der Waals surface area contributed by atoms with Gasteiger partial charge in [-0.05, 0) is 7.05 Å². The number of piperazine rings is 1. The second-order valence-electron chi connectivity index (χ2n) is 3.62. The number of aliphatic hydroxyl groups is 1. The highest BCUT2D eigenvalue weighted by molar-refractivity contribution is 5.76. The predicted octanol–water partition coefficient (Wildman–Crippen LogP) is -1.61. The highest BCUT2D eigenvalue weighted by Gasteiger charge is 2.20. The van der Waals surface area contributed by atoms with E-state index >= 15 is 0 Å². The summed E-state index contributed by atoms with van der Waals surface area (Å²) < 4.78 is 0. The van der Waals surface area contributed by atoms with Crippen LogP contribution in [0.2, 0.25) is 0 Å². The molecule has 1 rings (SSSR count). The van der Waals surface area contributed by atoms with E-state index in [0.29, 0.717) is 13.0 Å². The lowest BCUT2D eigenvalue weighted by Gasteiger charge is -2.32. The van der Waals surface area contributed by atoms with Gasteiger partial charge in [-0.15, -0.1) is 0 Å². The molecule has 14 heavy (non-hydrogen) atoms. The molecule has 5 heteroatoms. The zero-order valence-electron chi connectivity index (χ0n) is 8.62. The number of nitrogens with zero attached hydrogens (tertiary/aromatic N) is 1. The van der Waals surface area contributed by atoms with Crippen LogP contribution >= 0.6 is 0 Å². The van der Waals surface area contributed by atoms with Crippen LogP contribution in [0, 0.1) is 0 Å². The fraction of sp³-hybridized carbons (Fsp3) is 0.889. The molecule has 1 amide bonds. The maximum atomic E-state index is 11.3. The Kier molecular flexibility index (Phi) is 4.86. The smallest absolute Gasteiger partial charge is 0.221 e. The Morgan fingerprint density at radius 2 is 2.50 bits per heavy atom. The predicted molar refractivity (Wildman–Crippen MR) is 54.0 cm³/mol. The van der Waals surface area contributed by atoms with Gasteiger partial charge in [-0.25, -0.2) is 0 Å². The Morgan fingerprint density at radius 3 is 3.14 bits per heavy atom. The van der Waals surface area contributed by atoms with E-state index in [4.69, 9.17) is 5.11 Å². The Hall–Kier alpha value is -0.650. The van der Waals surface area contributed by atoms with Crippen LogP contribution in [-0.2, 0) is 4.79 Å². The third-order valence-corrected chi connectivity index (χ3v) is 2.50. The van der Waals surface area contributed by atoms with Gasteiger partial charge in [0.05, 0.1) is 6.61 Å². The molecule has 0 aromatic rings. The minimum Gasteiger partial charge on any atom is -0.395 e. The van der Waals surface area contributed by atoms with Crippen molar-refractivity contribution in [2.24, 2.45) is 0 Å². The first-order valence-corrected chi connectivity index (χ1v) is 5.02. The number of nitrogens with one attached hydrogen (secondary N) is 2. The third-order valence-electron chi connectivity index (χ3n) is 2.50. The van der Waals surface area contributed by atoms with Gasteiger partial charge in [0.1, 0.15) is 0 Å². The van der Waals surface area contributed by atoms with Gasteiger partial charge in [-0.1, -0.05) is 0 Å². The summed E-state index contributed by atoms with van der Waals surface area (Å²) in [6.07, 6.45) is 0.503. The van der Waals surface area contributed by atoms with E-state index in [0.717, 1.165) is 19.6 Å². The molecule has 0 aliphatic carbocycles. The quantitative estimate of drug-likeness (QED) is 0.512. The Labute approximate surface area is 84.5 Å². The summed E-state index contributed by atoms with van der Waals surface area (Å²) in [4.78, 5) is 13.5. The van der Waals surface area contributed by atoms with Crippen molar-refractivity contribution >= 4 is 5.91 Å². The molecule has 0 saturated carbocycles. The van der Waals surface area contributed by atoms with Crippen LogP contribution in [0.3, 0.4) is 0 Å². The summed E-state index contributed by atoms with van der Waals surface area (Å²) in [5.41, 5.74) is 0. The summed E-state index contributed by atoms with van der Waals surface area (Å²) >= 11 is 0. The standard InChI is InChI=1S/C9H19N3O2/c1-12-4-2-10-7-8(12)6-9(14)11-3-5-13/h8,10,13H,2-7H2,1H3,(H,11,14). The lowest BCUT2D eigenvalue weighted by molar-refractivity contribution is -0.122. The van der Waals surface area contributed by atoms with Gasteiger partial charge in [0.15, 0.2) is 0 Å². The van der Waals surface area contributed by atoms with E-state index in [1.807, 2.05) is 7.05 Å². The molecule has 1 fully saturated rings. The van der Waals surface area contributed by atoms with Crippen molar-refractivity contribution in [1.82, 2.24) is 15.5 Å². The third kappa shape index (κ3) is 3.61. The highest BCUT2D eigenvalue weighted by atomic mass is 16.3. The number of carbonyl (C=O) groups is 1. The molecule has 0 radical (unpaired) electrons. The van der Waals surface area contributed by atoms with Crippen LogP contribution in [0.25, 0.3) is 0 Å². The van der Waals surface area contributed by atoms with Crippen LogP contribution < -0.4 is 10.6 Å². The maximum Gasteiger partial charge on any atom is 0.221 e. The molecule has 0 spiro atoms. The van der Waals surface area contributed by atoms with E-state index in [1.165, 1.54) is 0 Å². The van der Waals surface area contributed by atoms with Crippen LogP contribution in [0.1, 0.15) is 6.42 Å². The molecule has 1 unspecified atom stereocenters. The molecule has 1 saturated heterocycles. The topological polar surface area (TPSA) is 64.6 Å². The zero-order valence-corrected chi connectivity index (χ0v) is 8.62. The molecule has 1 aliphatic heterocycles. The van der Waals surface area contributed by atoms with E-state index < -0.39 is 0 Å². The molecule has 1 heterocycles. The number of aliphatic hydroxyl groups excluding tert-OH is 1. The number of hydrogen-bond donors (Lipinski definition) is 3. The van der Waals surface area contributed by atoms with E-state index in [1.54, 1.807) is 0 Å². The lowest BCUT2D eigenvalue weighted by Crippen LogP contribution is -2.51. The van der Waals surface area contributed by atoms with Gasteiger partial charge in [0.2, 0.25) is 5.91 Å². The van der Waals surface area contributed by atoms with Crippen molar-refractivity contribution in [2.75, 3.05) is 39.8 Å². The first-order chi connectivity index (χ1) is 6.74. The summed E-state index contributed by atoms with van der Waals surface area (Å²) in [5, 5.41) is 14.4. The zero-order chi connectivity index (χ0) is 10.4. The van der Waals surface area contributed by atoms with Crippen molar-refractivity contribution in [1.29, 1.82) is 0 Å². The van der Waals surface area contributed by atoms with Gasteiger partial charge in [0, 0.05) is 38.6 Å². The maximum absolute atomic E-state index is 11.3. The Morgan fingerprint density at radius 1 is 1.71 bits per heavy atom. The second-order valence-corrected chi connectivity index (χ2v) is 3.62. The van der Waals surface area contributed by atoms with Gasteiger partial charge in [-0.2, -0.15) is 0 Å². The molecular weight excluding hydrogens is 182 g/mol. The summed E-state index contributed by atoms with van der Waals surface area (Å²) in [6, 6.07) is 0.280. The summed E-state index contributed by atoms with van der Waals surface area (Å²) in [7, 11) is 2.03. The van der Waals surface area contributed by atoms with Gasteiger partial charge >= 0.3 is 0 Å². The molecule has 0 aromatic heterocycles. The second kappa shape index (κ2) is 5.95. The minimum atomic E-state index is 0.00446. The van der Waals surface area contributed by atoms with Crippen LogP contribution in [0.4, 0.5) is 0 Å². The number of carbonyl (C=O) groups excluding carboxylic acids is 1. The molecule has 82 valence electrons. The fourth-order valence-electron chi connectivity index (χ4n) is 1.57. The van der Waals surface area contributed by atoms with Crippen molar-refractivity contribution in [3.8, 4) is 0 Å². The number of likely N-dealkylation sites (N-methyl/N-ethyl adjacent to an activating group) is 1. The average Bonchev–Trinajstić information content (AvgIpc) is 2.18. The molecule has 5 nitrogen and oxygen atoms in total. The van der Waals surface area contributed by atoms with Gasteiger partial charge < -0.3 is 20.6 Å². The average molecular weight is 201 g/mol. The van der Waals surface area contributed by atoms with Crippen molar-refractivity contribution in [2.45, 2.75) is 12.5 Å². The number of hydrogen-bond acceptors (Lipinski definition) is 4. The Bertz CT molecular complexity index is 187. The van der Waals surface area contributed by atoms with E-state index in [2.05, 4.69) is 15.5 Å². The largest absolute Gasteiger partial charge is 0.395 e. The monoisotopic (exact) mass is 201 g/mol. The van der Waals surface area contributed by atoms with Crippen LogP contribution in [-0.4, -0.2) is 61.8 Å². The van der Waals surface area contributed by atoms with E-state index in [9.17, 15) is 4.79 Å². The Balaban J connectivity index is 2.23. The van der Waals surface area contributed by atoms with Crippen molar-refractivity contribution in [3.05, 3.63) is 0 Å². The number of rotatable bonds is 4. The molecule has 3 N–H and O–H groups in total. The van der Waals surface area contributed by atoms with Gasteiger partial charge in [-0.3, -0.25) is 4.79 Å². The van der Waals surface area contributed by atoms with Crippen LogP contribution in [0.5, 0.6) is 0 Å². The fourth-order valence-corrected chi connectivity index (χ4v) is 1.57. The molecule has 1 atom stereocenters. The minimum absolute atomic E-state index is 0.00446. The van der Waals surface area contributed by atoms with E-state index in [-0.39, 0.29) is 18.6 Å². The molecule has 1 aliphatic rings. The van der Waals surface area contributed by atoms with Crippen LogP contribution in [0.15, 0.2) is 0 Å². The SMILES string of the molecule is CN1CCNCC1CC(=O)NCCO. The van der Waals surface area contributed by atoms with Crippen molar-refractivity contribution in [3.63, 3.8) is 0 Å². The summed E-state index contributed by atoms with van der Waals surface area (Å²) in [6.45, 7) is 3.19. The summed E-state index contributed by atoms with van der Waals surface area (Å²) in [5.74, 6) is 0.0135.